The third-order valence-electron chi connectivity index (χ3n) is 3.31. The maximum absolute atomic E-state index is 5.86. The molecular weight excluding hydrogens is 351 g/mol. The van der Waals surface area contributed by atoms with E-state index in [1.165, 1.54) is 11.3 Å². The number of nitrogens with zero attached hydrogens (tertiary/aromatic N) is 3. The lowest BCUT2D eigenvalue weighted by atomic mass is 10.1. The number of rotatable bonds is 8. The average molecular weight is 371 g/mol. The van der Waals surface area contributed by atoms with Crippen LogP contribution in [0.4, 0.5) is 10.8 Å². The average Bonchev–Trinajstić information content (AvgIpc) is 2.94. The van der Waals surface area contributed by atoms with Gasteiger partial charge in [0.1, 0.15) is 0 Å². The Morgan fingerprint density at radius 3 is 2.57 bits per heavy atom. The standard InChI is InChI=1S/C16H20Cl2N4S/c1-12-9-15(22(7-5-17)8-6-18)4-3-14(12)10-19-21-16-20-13(2)11-23-16/h3-4,9-11H,5-8H2,1-2H3,(H,20,21). The molecule has 7 heteroatoms. The molecule has 0 atom stereocenters. The Balaban J connectivity index is 2.06. The van der Waals surface area contributed by atoms with Crippen LogP contribution in [0.2, 0.25) is 0 Å². The van der Waals surface area contributed by atoms with Gasteiger partial charge in [-0.25, -0.2) is 4.98 Å². The van der Waals surface area contributed by atoms with Gasteiger partial charge in [-0.2, -0.15) is 5.10 Å². The first-order valence-electron chi connectivity index (χ1n) is 7.32. The van der Waals surface area contributed by atoms with Crippen molar-refractivity contribution >= 4 is 51.6 Å². The van der Waals surface area contributed by atoms with Crippen LogP contribution in [0.3, 0.4) is 0 Å². The minimum atomic E-state index is 0.580. The highest BCUT2D eigenvalue weighted by molar-refractivity contribution is 7.13. The van der Waals surface area contributed by atoms with E-state index in [1.807, 2.05) is 18.5 Å². The van der Waals surface area contributed by atoms with Gasteiger partial charge in [-0.3, -0.25) is 5.43 Å². The van der Waals surface area contributed by atoms with E-state index in [1.54, 1.807) is 0 Å². The Kier molecular flexibility index (Phi) is 7.15. The summed E-state index contributed by atoms with van der Waals surface area (Å²) < 4.78 is 0. The summed E-state index contributed by atoms with van der Waals surface area (Å²) in [7, 11) is 0. The van der Waals surface area contributed by atoms with Crippen molar-refractivity contribution in [3.05, 3.63) is 40.4 Å². The molecule has 124 valence electrons. The fraction of sp³-hybridized carbons (Fsp3) is 0.375. The summed E-state index contributed by atoms with van der Waals surface area (Å²) in [6.07, 6.45) is 1.81. The van der Waals surface area contributed by atoms with Crippen LogP contribution in [0.5, 0.6) is 0 Å². The molecule has 2 aromatic rings. The van der Waals surface area contributed by atoms with E-state index in [9.17, 15) is 0 Å². The van der Waals surface area contributed by atoms with Crippen molar-refractivity contribution in [1.29, 1.82) is 0 Å². The number of hydrogen-bond acceptors (Lipinski definition) is 5. The van der Waals surface area contributed by atoms with Crippen LogP contribution in [-0.2, 0) is 0 Å². The molecule has 0 aliphatic rings. The maximum atomic E-state index is 5.86. The molecule has 0 aliphatic heterocycles. The van der Waals surface area contributed by atoms with E-state index < -0.39 is 0 Å². The van der Waals surface area contributed by atoms with Crippen molar-refractivity contribution in [2.75, 3.05) is 35.2 Å². The van der Waals surface area contributed by atoms with E-state index in [0.29, 0.717) is 11.8 Å². The summed E-state index contributed by atoms with van der Waals surface area (Å²) >= 11 is 13.3. The molecule has 2 rings (SSSR count). The highest BCUT2D eigenvalue weighted by Crippen LogP contribution is 2.19. The minimum absolute atomic E-state index is 0.580. The molecule has 0 saturated carbocycles. The van der Waals surface area contributed by atoms with Gasteiger partial charge in [0.15, 0.2) is 0 Å². The monoisotopic (exact) mass is 370 g/mol. The zero-order valence-corrected chi connectivity index (χ0v) is 15.5. The van der Waals surface area contributed by atoms with Crippen LogP contribution < -0.4 is 10.3 Å². The van der Waals surface area contributed by atoms with Gasteiger partial charge >= 0.3 is 0 Å². The molecule has 1 aromatic heterocycles. The van der Waals surface area contributed by atoms with E-state index in [0.717, 1.165) is 40.7 Å². The Bertz CT molecular complexity index is 651. The lowest BCUT2D eigenvalue weighted by Gasteiger charge is -2.23. The molecule has 1 aromatic carbocycles. The Labute approximate surface area is 151 Å². The van der Waals surface area contributed by atoms with Crippen molar-refractivity contribution in [1.82, 2.24) is 4.98 Å². The summed E-state index contributed by atoms with van der Waals surface area (Å²) in [4.78, 5) is 6.49. The first-order valence-corrected chi connectivity index (χ1v) is 9.27. The first-order chi connectivity index (χ1) is 11.1. The smallest absolute Gasteiger partial charge is 0.203 e. The van der Waals surface area contributed by atoms with Crippen LogP contribution in [0.1, 0.15) is 16.8 Å². The lowest BCUT2D eigenvalue weighted by Crippen LogP contribution is -2.27. The molecular formula is C16H20Cl2N4S. The predicted molar refractivity (Wildman–Crippen MR) is 103 cm³/mol. The van der Waals surface area contributed by atoms with E-state index in [-0.39, 0.29) is 0 Å². The number of thiazole rings is 1. The number of aryl methyl sites for hydroxylation is 2. The highest BCUT2D eigenvalue weighted by atomic mass is 35.5. The van der Waals surface area contributed by atoms with Crippen LogP contribution in [0, 0.1) is 13.8 Å². The van der Waals surface area contributed by atoms with E-state index >= 15 is 0 Å². The number of anilines is 2. The zero-order valence-electron chi connectivity index (χ0n) is 13.2. The van der Waals surface area contributed by atoms with Gasteiger partial charge in [0.25, 0.3) is 0 Å². The second kappa shape index (κ2) is 9.11. The number of hydrazone groups is 1. The largest absolute Gasteiger partial charge is 0.369 e. The zero-order chi connectivity index (χ0) is 16.7. The molecule has 0 radical (unpaired) electrons. The van der Waals surface area contributed by atoms with Crippen molar-refractivity contribution in [2.24, 2.45) is 5.10 Å². The summed E-state index contributed by atoms with van der Waals surface area (Å²) in [5, 5.41) is 7.03. The molecule has 0 fully saturated rings. The Hall–Kier alpha value is -1.30. The Morgan fingerprint density at radius 2 is 2.00 bits per heavy atom. The third-order valence-corrected chi connectivity index (χ3v) is 4.51. The van der Waals surface area contributed by atoms with E-state index in [2.05, 4.69) is 45.5 Å². The van der Waals surface area contributed by atoms with Gasteiger partial charge in [0, 0.05) is 35.9 Å². The van der Waals surface area contributed by atoms with Crippen LogP contribution in [0.25, 0.3) is 0 Å². The van der Waals surface area contributed by atoms with Crippen LogP contribution in [0.15, 0.2) is 28.7 Å². The molecule has 4 nitrogen and oxygen atoms in total. The van der Waals surface area contributed by atoms with Crippen LogP contribution in [-0.4, -0.2) is 36.0 Å². The van der Waals surface area contributed by atoms with Crippen molar-refractivity contribution in [3.63, 3.8) is 0 Å². The summed E-state index contributed by atoms with van der Waals surface area (Å²) in [6.45, 7) is 5.60. The van der Waals surface area contributed by atoms with Gasteiger partial charge in [-0.05, 0) is 37.1 Å². The number of halogens is 2. The van der Waals surface area contributed by atoms with Gasteiger partial charge in [0.05, 0.1) is 11.9 Å². The fourth-order valence-electron chi connectivity index (χ4n) is 2.14. The minimum Gasteiger partial charge on any atom is -0.369 e. The van der Waals surface area contributed by atoms with Gasteiger partial charge in [-0.15, -0.1) is 34.5 Å². The molecule has 0 amide bonds. The SMILES string of the molecule is Cc1csc(NN=Cc2ccc(N(CCCl)CCCl)cc2C)n1. The highest BCUT2D eigenvalue weighted by Gasteiger charge is 2.07. The van der Waals surface area contributed by atoms with Crippen molar-refractivity contribution in [3.8, 4) is 0 Å². The number of aromatic nitrogens is 1. The number of nitrogens with one attached hydrogen (secondary N) is 1. The molecule has 1 heterocycles. The second-order valence-electron chi connectivity index (χ2n) is 5.07. The number of benzene rings is 1. The van der Waals surface area contributed by atoms with Gasteiger partial charge < -0.3 is 4.90 Å². The molecule has 0 saturated heterocycles. The first kappa shape index (κ1) is 18.0. The molecule has 1 N–H and O–H groups in total. The topological polar surface area (TPSA) is 40.5 Å². The van der Waals surface area contributed by atoms with E-state index in [4.69, 9.17) is 23.2 Å². The quantitative estimate of drug-likeness (QED) is 0.422. The summed E-state index contributed by atoms with van der Waals surface area (Å²) in [5.74, 6) is 1.16. The summed E-state index contributed by atoms with van der Waals surface area (Å²) in [5.41, 5.74) is 7.28. The van der Waals surface area contributed by atoms with Gasteiger partial charge in [0.2, 0.25) is 5.13 Å². The Morgan fingerprint density at radius 1 is 1.26 bits per heavy atom. The normalized spacial score (nSPS) is 11.1. The molecule has 0 bridgehead atoms. The van der Waals surface area contributed by atoms with Crippen molar-refractivity contribution in [2.45, 2.75) is 13.8 Å². The fourth-order valence-corrected chi connectivity index (χ4v) is 3.18. The third kappa shape index (κ3) is 5.37. The number of alkyl halides is 2. The molecule has 0 unspecified atom stereocenters. The van der Waals surface area contributed by atoms with Crippen LogP contribution >= 0.6 is 34.5 Å². The van der Waals surface area contributed by atoms with Crippen molar-refractivity contribution < 1.29 is 0 Å². The predicted octanol–water partition coefficient (Wildman–Crippen LogP) is 4.49. The summed E-state index contributed by atoms with van der Waals surface area (Å²) in [6, 6.07) is 6.26. The maximum Gasteiger partial charge on any atom is 0.203 e. The number of hydrogen-bond donors (Lipinski definition) is 1. The van der Waals surface area contributed by atoms with Gasteiger partial charge in [-0.1, -0.05) is 6.07 Å². The lowest BCUT2D eigenvalue weighted by molar-refractivity contribution is 0.873. The molecule has 0 aliphatic carbocycles. The second-order valence-corrected chi connectivity index (χ2v) is 6.68. The molecule has 23 heavy (non-hydrogen) atoms. The molecule has 0 spiro atoms.